The zero-order valence-electron chi connectivity index (χ0n) is 12.0. The lowest BCUT2D eigenvalue weighted by Gasteiger charge is -2.08. The summed E-state index contributed by atoms with van der Waals surface area (Å²) in [6, 6.07) is 2.71. The highest BCUT2D eigenvalue weighted by atomic mass is 35.5. The van der Waals surface area contributed by atoms with Gasteiger partial charge in [-0.25, -0.2) is 0 Å². The lowest BCUT2D eigenvalue weighted by Crippen LogP contribution is -2.06. The van der Waals surface area contributed by atoms with Crippen molar-refractivity contribution in [3.05, 3.63) is 29.8 Å². The lowest BCUT2D eigenvalue weighted by molar-refractivity contribution is 0.467. The number of hydrogen-bond acceptors (Lipinski definition) is 3. The molecule has 0 atom stereocenters. The molecular formula is C14H22ClN5. The topological polar surface area (TPSA) is 47.7 Å². The molecule has 0 radical (unpaired) electrons. The van der Waals surface area contributed by atoms with E-state index in [4.69, 9.17) is 0 Å². The molecule has 0 bridgehead atoms. The van der Waals surface area contributed by atoms with Crippen molar-refractivity contribution in [1.29, 1.82) is 0 Å². The predicted molar refractivity (Wildman–Crippen MR) is 82.3 cm³/mol. The average molecular weight is 296 g/mol. The molecule has 5 nitrogen and oxygen atoms in total. The summed E-state index contributed by atoms with van der Waals surface area (Å²) in [6.07, 6.45) is 9.24. The molecular weight excluding hydrogens is 274 g/mol. The fraction of sp³-hybridized carbons (Fsp3) is 0.571. The van der Waals surface area contributed by atoms with E-state index in [1.807, 2.05) is 24.9 Å². The van der Waals surface area contributed by atoms with Gasteiger partial charge in [0, 0.05) is 13.2 Å². The molecule has 20 heavy (non-hydrogen) atoms. The van der Waals surface area contributed by atoms with Crippen LogP contribution in [0.5, 0.6) is 0 Å². The normalized spacial score (nSPS) is 15.3. The van der Waals surface area contributed by atoms with Gasteiger partial charge in [-0.2, -0.15) is 10.2 Å². The van der Waals surface area contributed by atoms with E-state index in [2.05, 4.69) is 32.5 Å². The molecule has 3 rings (SSSR count). The van der Waals surface area contributed by atoms with Crippen molar-refractivity contribution in [2.24, 2.45) is 7.05 Å². The van der Waals surface area contributed by atoms with Gasteiger partial charge < -0.3 is 5.32 Å². The number of anilines is 1. The highest BCUT2D eigenvalue weighted by Gasteiger charge is 2.17. The number of halogens is 1. The minimum atomic E-state index is 0. The summed E-state index contributed by atoms with van der Waals surface area (Å²) in [6.45, 7) is 2.80. The highest BCUT2D eigenvalue weighted by molar-refractivity contribution is 5.85. The van der Waals surface area contributed by atoms with Crippen LogP contribution in [-0.2, 0) is 13.6 Å². The van der Waals surface area contributed by atoms with Crippen molar-refractivity contribution >= 4 is 18.1 Å². The van der Waals surface area contributed by atoms with Gasteiger partial charge in [0.1, 0.15) is 0 Å². The second kappa shape index (κ2) is 6.31. The Labute approximate surface area is 125 Å². The number of aromatic nitrogens is 4. The summed E-state index contributed by atoms with van der Waals surface area (Å²) in [5.74, 6) is 0. The van der Waals surface area contributed by atoms with Gasteiger partial charge >= 0.3 is 0 Å². The van der Waals surface area contributed by atoms with E-state index >= 15 is 0 Å². The summed E-state index contributed by atoms with van der Waals surface area (Å²) < 4.78 is 4.04. The Balaban J connectivity index is 0.00000147. The third-order valence-corrected chi connectivity index (χ3v) is 3.87. The zero-order chi connectivity index (χ0) is 13.2. The third-order valence-electron chi connectivity index (χ3n) is 3.87. The third kappa shape index (κ3) is 3.15. The van der Waals surface area contributed by atoms with E-state index in [1.165, 1.54) is 31.4 Å². The van der Waals surface area contributed by atoms with E-state index in [0.29, 0.717) is 6.04 Å². The van der Waals surface area contributed by atoms with E-state index in [-0.39, 0.29) is 12.4 Å². The Bertz CT molecular complexity index is 554. The number of nitrogens with zero attached hydrogens (tertiary/aromatic N) is 4. The molecule has 1 saturated carbocycles. The predicted octanol–water partition coefficient (Wildman–Crippen LogP) is 3.07. The first-order valence-electron chi connectivity index (χ1n) is 7.00. The van der Waals surface area contributed by atoms with Gasteiger partial charge in [0.25, 0.3) is 0 Å². The molecule has 0 saturated heterocycles. The molecule has 6 heteroatoms. The summed E-state index contributed by atoms with van der Waals surface area (Å²) >= 11 is 0. The van der Waals surface area contributed by atoms with Crippen molar-refractivity contribution in [2.45, 2.75) is 45.2 Å². The van der Waals surface area contributed by atoms with Crippen molar-refractivity contribution in [3.63, 3.8) is 0 Å². The number of nitrogens with one attached hydrogen (secondary N) is 1. The lowest BCUT2D eigenvalue weighted by atomic mass is 10.3. The minimum absolute atomic E-state index is 0. The second-order valence-corrected chi connectivity index (χ2v) is 5.40. The van der Waals surface area contributed by atoms with Crippen LogP contribution in [0.3, 0.4) is 0 Å². The Hall–Kier alpha value is -1.49. The molecule has 1 aliphatic rings. The maximum Gasteiger partial charge on any atom is 0.0729 e. The van der Waals surface area contributed by atoms with Crippen molar-refractivity contribution in [1.82, 2.24) is 19.6 Å². The van der Waals surface area contributed by atoms with Crippen LogP contribution in [0.4, 0.5) is 5.69 Å². The molecule has 1 fully saturated rings. The SMILES string of the molecule is Cc1cc(CNc2cnn(C3CCCC3)c2)n(C)n1.Cl. The molecule has 0 aliphatic heterocycles. The molecule has 0 unspecified atom stereocenters. The number of hydrogen-bond donors (Lipinski definition) is 1. The zero-order valence-corrected chi connectivity index (χ0v) is 12.9. The maximum atomic E-state index is 4.47. The minimum Gasteiger partial charge on any atom is -0.377 e. The Morgan fingerprint density at radius 3 is 2.75 bits per heavy atom. The van der Waals surface area contributed by atoms with Crippen LogP contribution in [0.25, 0.3) is 0 Å². The van der Waals surface area contributed by atoms with Crippen LogP contribution in [0.2, 0.25) is 0 Å². The van der Waals surface area contributed by atoms with Crippen molar-refractivity contribution in [3.8, 4) is 0 Å². The van der Waals surface area contributed by atoms with E-state index in [9.17, 15) is 0 Å². The smallest absolute Gasteiger partial charge is 0.0729 e. The Morgan fingerprint density at radius 2 is 2.10 bits per heavy atom. The van der Waals surface area contributed by atoms with Gasteiger partial charge in [0.2, 0.25) is 0 Å². The monoisotopic (exact) mass is 295 g/mol. The highest BCUT2D eigenvalue weighted by Crippen LogP contribution is 2.29. The molecule has 0 spiro atoms. The number of rotatable bonds is 4. The number of aryl methyl sites for hydroxylation is 2. The molecule has 2 aromatic rings. The van der Waals surface area contributed by atoms with Gasteiger partial charge in [0.05, 0.1) is 35.9 Å². The van der Waals surface area contributed by atoms with Crippen LogP contribution in [-0.4, -0.2) is 19.6 Å². The Kier molecular flexibility index (Phi) is 4.70. The van der Waals surface area contributed by atoms with Crippen LogP contribution in [0.15, 0.2) is 18.5 Å². The summed E-state index contributed by atoms with van der Waals surface area (Å²) in [4.78, 5) is 0. The van der Waals surface area contributed by atoms with Crippen LogP contribution < -0.4 is 5.32 Å². The van der Waals surface area contributed by atoms with Crippen LogP contribution >= 0.6 is 12.4 Å². The van der Waals surface area contributed by atoms with Crippen molar-refractivity contribution < 1.29 is 0 Å². The summed E-state index contributed by atoms with van der Waals surface area (Å²) in [5, 5.41) is 12.2. The van der Waals surface area contributed by atoms with E-state index in [1.54, 1.807) is 0 Å². The largest absolute Gasteiger partial charge is 0.377 e. The standard InChI is InChI=1S/C14H21N5.ClH/c1-11-7-14(18(2)17-11)9-15-12-8-16-19(10-12)13-5-3-4-6-13;/h7-8,10,13,15H,3-6,9H2,1-2H3;1H. The van der Waals surface area contributed by atoms with Gasteiger partial charge in [-0.15, -0.1) is 12.4 Å². The van der Waals surface area contributed by atoms with Crippen LogP contribution in [0, 0.1) is 6.92 Å². The molecule has 2 heterocycles. The first kappa shape index (κ1) is 14.9. The van der Waals surface area contributed by atoms with Gasteiger partial charge in [-0.05, 0) is 25.8 Å². The molecule has 110 valence electrons. The molecule has 1 aliphatic carbocycles. The van der Waals surface area contributed by atoms with Crippen LogP contribution in [0.1, 0.15) is 43.1 Å². The van der Waals surface area contributed by atoms with Gasteiger partial charge in [-0.3, -0.25) is 9.36 Å². The molecule has 0 amide bonds. The fourth-order valence-corrected chi connectivity index (χ4v) is 2.82. The van der Waals surface area contributed by atoms with Gasteiger partial charge in [0.15, 0.2) is 0 Å². The first-order valence-corrected chi connectivity index (χ1v) is 7.00. The molecule has 1 N–H and O–H groups in total. The molecule has 2 aromatic heterocycles. The maximum absolute atomic E-state index is 4.47. The van der Waals surface area contributed by atoms with E-state index in [0.717, 1.165) is 17.9 Å². The summed E-state index contributed by atoms with van der Waals surface area (Å²) in [5.41, 5.74) is 3.33. The van der Waals surface area contributed by atoms with Gasteiger partial charge in [-0.1, -0.05) is 12.8 Å². The van der Waals surface area contributed by atoms with Crippen molar-refractivity contribution in [2.75, 3.05) is 5.32 Å². The first-order chi connectivity index (χ1) is 9.22. The second-order valence-electron chi connectivity index (χ2n) is 5.40. The fourth-order valence-electron chi connectivity index (χ4n) is 2.82. The Morgan fingerprint density at radius 1 is 1.35 bits per heavy atom. The average Bonchev–Trinajstić information content (AvgIpc) is 3.07. The van der Waals surface area contributed by atoms with E-state index < -0.39 is 0 Å². The summed E-state index contributed by atoms with van der Waals surface area (Å²) in [7, 11) is 1.98. The quantitative estimate of drug-likeness (QED) is 0.943. The molecule has 0 aromatic carbocycles.